The lowest BCUT2D eigenvalue weighted by atomic mass is 10.1. The summed E-state index contributed by atoms with van der Waals surface area (Å²) in [5, 5.41) is 10.2. The number of rotatable bonds is 3. The first-order valence-electron chi connectivity index (χ1n) is 8.77. The molecule has 1 aliphatic rings. The van der Waals surface area contributed by atoms with Crippen LogP contribution in [0.2, 0.25) is 0 Å². The lowest BCUT2D eigenvalue weighted by molar-refractivity contribution is -0.141. The quantitative estimate of drug-likeness (QED) is 0.671. The number of hydrogen-bond donors (Lipinski definition) is 1. The number of pyridine rings is 1. The number of hydrogen-bond acceptors (Lipinski definition) is 6. The molecule has 3 aromatic rings. The van der Waals surface area contributed by atoms with Crippen LogP contribution in [0, 0.1) is 0 Å². The number of alkyl halides is 3. The van der Waals surface area contributed by atoms with Crippen molar-refractivity contribution in [1.29, 1.82) is 0 Å². The summed E-state index contributed by atoms with van der Waals surface area (Å²) < 4.78 is 42.1. The standard InChI is InChI=1S/C17H16F3N7O2S/c1-9(28)26-8-30-7-12(26)15(29)22-16-21-13-4-3-10(5-27(13)24-16)11-6-25(2)23-14(11)17(18,19)20/h3-6,12H,7-8H2,1-2H3,(H,22,24,29)/t12-/m1/s1. The van der Waals surface area contributed by atoms with Crippen molar-refractivity contribution in [3.05, 3.63) is 30.2 Å². The molecule has 0 radical (unpaired) electrons. The fraction of sp³-hybridized carbons (Fsp3) is 0.353. The zero-order chi connectivity index (χ0) is 21.6. The summed E-state index contributed by atoms with van der Waals surface area (Å²) in [6, 6.07) is 2.35. The topological polar surface area (TPSA) is 97.4 Å². The van der Waals surface area contributed by atoms with E-state index in [4.69, 9.17) is 0 Å². The lowest BCUT2D eigenvalue weighted by Gasteiger charge is -2.20. The van der Waals surface area contributed by atoms with Crippen LogP contribution in [-0.2, 0) is 22.8 Å². The number of fused-ring (bicyclic) bond motifs is 1. The van der Waals surface area contributed by atoms with Gasteiger partial charge in [0.25, 0.3) is 0 Å². The Morgan fingerprint density at radius 1 is 1.23 bits per heavy atom. The predicted molar refractivity (Wildman–Crippen MR) is 102 cm³/mol. The zero-order valence-corrected chi connectivity index (χ0v) is 16.7. The van der Waals surface area contributed by atoms with Crippen molar-refractivity contribution < 1.29 is 22.8 Å². The number of amides is 2. The number of nitrogens with one attached hydrogen (secondary N) is 1. The lowest BCUT2D eigenvalue weighted by Crippen LogP contribution is -2.43. The maximum Gasteiger partial charge on any atom is 0.435 e. The second-order valence-corrected chi connectivity index (χ2v) is 7.71. The Hall–Kier alpha value is -3.09. The molecule has 4 rings (SSSR count). The smallest absolute Gasteiger partial charge is 0.321 e. The van der Waals surface area contributed by atoms with Gasteiger partial charge in [-0.1, -0.05) is 0 Å². The Morgan fingerprint density at radius 3 is 2.70 bits per heavy atom. The van der Waals surface area contributed by atoms with Gasteiger partial charge in [-0.15, -0.1) is 16.9 Å². The molecule has 1 fully saturated rings. The monoisotopic (exact) mass is 439 g/mol. The van der Waals surface area contributed by atoms with Crippen molar-refractivity contribution in [3.8, 4) is 11.1 Å². The van der Waals surface area contributed by atoms with E-state index in [1.165, 1.54) is 59.7 Å². The van der Waals surface area contributed by atoms with Crippen molar-refractivity contribution >= 4 is 35.2 Å². The van der Waals surface area contributed by atoms with Crippen LogP contribution in [0.1, 0.15) is 12.6 Å². The summed E-state index contributed by atoms with van der Waals surface area (Å²) in [5.74, 6) is 0.272. The largest absolute Gasteiger partial charge is 0.435 e. The van der Waals surface area contributed by atoms with Crippen molar-refractivity contribution in [3.63, 3.8) is 0 Å². The molecule has 0 unspecified atom stereocenters. The molecule has 0 spiro atoms. The highest BCUT2D eigenvalue weighted by Crippen LogP contribution is 2.35. The molecule has 2 amide bonds. The Kier molecular flexibility index (Phi) is 4.92. The van der Waals surface area contributed by atoms with Gasteiger partial charge in [0, 0.05) is 43.2 Å². The molecule has 158 valence electrons. The molecule has 9 nitrogen and oxygen atoms in total. The van der Waals surface area contributed by atoms with E-state index in [0.717, 1.165) is 4.68 Å². The van der Waals surface area contributed by atoms with E-state index in [0.29, 0.717) is 17.3 Å². The minimum absolute atomic E-state index is 0.000200. The molecule has 1 saturated heterocycles. The molecular weight excluding hydrogens is 423 g/mol. The number of nitrogens with zero attached hydrogens (tertiary/aromatic N) is 6. The Balaban J connectivity index is 1.61. The molecule has 1 N–H and O–H groups in total. The van der Waals surface area contributed by atoms with Crippen LogP contribution in [0.15, 0.2) is 24.5 Å². The van der Waals surface area contributed by atoms with E-state index in [1.807, 2.05) is 0 Å². The summed E-state index contributed by atoms with van der Waals surface area (Å²) in [5.41, 5.74) is -0.495. The molecule has 1 aliphatic heterocycles. The van der Waals surface area contributed by atoms with Crippen molar-refractivity contribution in [2.75, 3.05) is 16.9 Å². The Morgan fingerprint density at radius 2 is 2.00 bits per heavy atom. The van der Waals surface area contributed by atoms with Crippen molar-refractivity contribution in [2.45, 2.75) is 19.1 Å². The first-order chi connectivity index (χ1) is 14.1. The average molecular weight is 439 g/mol. The van der Waals surface area contributed by atoms with E-state index in [-0.39, 0.29) is 23.0 Å². The number of aromatic nitrogens is 5. The number of thioether (sulfide) groups is 1. The van der Waals surface area contributed by atoms with Gasteiger partial charge in [0.05, 0.1) is 5.88 Å². The van der Waals surface area contributed by atoms with E-state index in [1.54, 1.807) is 0 Å². The molecule has 13 heteroatoms. The van der Waals surface area contributed by atoms with Crippen molar-refractivity contribution in [2.24, 2.45) is 7.05 Å². The van der Waals surface area contributed by atoms with Crippen molar-refractivity contribution in [1.82, 2.24) is 29.3 Å². The first-order valence-corrected chi connectivity index (χ1v) is 9.92. The first kappa shape index (κ1) is 20.2. The van der Waals surface area contributed by atoms with Crippen LogP contribution in [0.25, 0.3) is 16.8 Å². The number of carbonyl (C=O) groups is 2. The summed E-state index contributed by atoms with van der Waals surface area (Å²) in [6.07, 6.45) is -1.94. The van der Waals surface area contributed by atoms with Gasteiger partial charge in [0.2, 0.25) is 17.8 Å². The van der Waals surface area contributed by atoms with Gasteiger partial charge < -0.3 is 4.90 Å². The summed E-state index contributed by atoms with van der Waals surface area (Å²) in [6.45, 7) is 1.39. The molecule has 3 aromatic heterocycles. The molecule has 1 atom stereocenters. The number of aryl methyl sites for hydroxylation is 1. The molecule has 0 aromatic carbocycles. The summed E-state index contributed by atoms with van der Waals surface area (Å²) in [4.78, 5) is 29.8. The van der Waals surface area contributed by atoms with E-state index < -0.39 is 23.8 Å². The van der Waals surface area contributed by atoms with Gasteiger partial charge in [-0.05, 0) is 12.1 Å². The fourth-order valence-electron chi connectivity index (χ4n) is 3.17. The Bertz CT molecular complexity index is 1140. The molecule has 30 heavy (non-hydrogen) atoms. The van der Waals surface area contributed by atoms with Crippen LogP contribution >= 0.6 is 11.8 Å². The fourth-order valence-corrected chi connectivity index (χ4v) is 4.39. The maximum absolute atomic E-state index is 13.3. The third-order valence-corrected chi connectivity index (χ3v) is 5.58. The highest BCUT2D eigenvalue weighted by molar-refractivity contribution is 7.99. The Labute approximate surface area is 172 Å². The van der Waals surface area contributed by atoms with Gasteiger partial charge in [-0.2, -0.15) is 23.3 Å². The summed E-state index contributed by atoms with van der Waals surface area (Å²) in [7, 11) is 1.41. The minimum atomic E-state index is -4.60. The van der Waals surface area contributed by atoms with Gasteiger partial charge in [-0.25, -0.2) is 4.52 Å². The van der Waals surface area contributed by atoms with Crippen LogP contribution in [0.5, 0.6) is 0 Å². The molecule has 0 saturated carbocycles. The van der Waals surface area contributed by atoms with Crippen LogP contribution in [0.3, 0.4) is 0 Å². The highest BCUT2D eigenvalue weighted by atomic mass is 32.2. The second kappa shape index (κ2) is 7.31. The SMILES string of the molecule is CC(=O)N1CSC[C@@H]1C(=O)Nc1nc2ccc(-c3cn(C)nc3C(F)(F)F)cn2n1. The predicted octanol–water partition coefficient (Wildman–Crippen LogP) is 2.01. The highest BCUT2D eigenvalue weighted by Gasteiger charge is 2.37. The van der Waals surface area contributed by atoms with Gasteiger partial charge in [-0.3, -0.25) is 19.6 Å². The van der Waals surface area contributed by atoms with E-state index in [9.17, 15) is 22.8 Å². The average Bonchev–Trinajstić information content (AvgIpc) is 3.37. The van der Waals surface area contributed by atoms with Crippen LogP contribution in [-0.4, -0.2) is 58.8 Å². The van der Waals surface area contributed by atoms with Crippen LogP contribution < -0.4 is 5.32 Å². The normalized spacial score (nSPS) is 17.0. The molecule has 0 bridgehead atoms. The van der Waals surface area contributed by atoms with Gasteiger partial charge >= 0.3 is 6.18 Å². The molecule has 4 heterocycles. The summed E-state index contributed by atoms with van der Waals surface area (Å²) >= 11 is 1.47. The third-order valence-electron chi connectivity index (χ3n) is 4.56. The molecular formula is C17H16F3N7O2S. The number of anilines is 1. The minimum Gasteiger partial charge on any atom is -0.321 e. The third kappa shape index (κ3) is 3.72. The van der Waals surface area contributed by atoms with E-state index in [2.05, 4.69) is 20.5 Å². The number of halogens is 3. The zero-order valence-electron chi connectivity index (χ0n) is 15.8. The second-order valence-electron chi connectivity index (χ2n) is 6.71. The van der Waals surface area contributed by atoms with E-state index >= 15 is 0 Å². The van der Waals surface area contributed by atoms with Gasteiger partial charge in [0.15, 0.2) is 11.3 Å². The molecule has 0 aliphatic carbocycles. The van der Waals surface area contributed by atoms with Crippen LogP contribution in [0.4, 0.5) is 19.1 Å². The van der Waals surface area contributed by atoms with Gasteiger partial charge in [0.1, 0.15) is 6.04 Å². The number of carbonyl (C=O) groups excluding carboxylic acids is 2. The maximum atomic E-state index is 13.3.